The Morgan fingerprint density at radius 3 is 2.76 bits per heavy atom. The standard InChI is InChI=1S/C14H24N2S/c1-5-15-12(2)13-7-6-8-14(11-13)17-10-9-16(3)4/h6-8,11-12,15H,5,9-10H2,1-4H3. The zero-order valence-electron chi connectivity index (χ0n) is 11.4. The van der Waals surface area contributed by atoms with Crippen LogP contribution in [0.25, 0.3) is 0 Å². The Bertz CT molecular complexity index is 326. The van der Waals surface area contributed by atoms with Gasteiger partial charge in [0.05, 0.1) is 0 Å². The summed E-state index contributed by atoms with van der Waals surface area (Å²) in [5.74, 6) is 1.14. The smallest absolute Gasteiger partial charge is 0.0292 e. The van der Waals surface area contributed by atoms with Gasteiger partial charge in [0, 0.05) is 23.2 Å². The summed E-state index contributed by atoms with van der Waals surface area (Å²) in [4.78, 5) is 3.59. The molecular formula is C14H24N2S. The van der Waals surface area contributed by atoms with Crippen molar-refractivity contribution >= 4 is 11.8 Å². The fourth-order valence-electron chi connectivity index (χ4n) is 1.64. The minimum absolute atomic E-state index is 0.439. The summed E-state index contributed by atoms with van der Waals surface area (Å²) in [6, 6.07) is 9.29. The van der Waals surface area contributed by atoms with Crippen molar-refractivity contribution in [1.29, 1.82) is 0 Å². The van der Waals surface area contributed by atoms with Crippen LogP contribution in [0.2, 0.25) is 0 Å². The second-order valence-corrected chi connectivity index (χ2v) is 5.67. The second kappa shape index (κ2) is 7.75. The minimum atomic E-state index is 0.439. The SMILES string of the molecule is CCNC(C)c1cccc(SCCN(C)C)c1. The van der Waals surface area contributed by atoms with Gasteiger partial charge in [-0.05, 0) is 45.3 Å². The van der Waals surface area contributed by atoms with Crippen molar-refractivity contribution < 1.29 is 0 Å². The van der Waals surface area contributed by atoms with Crippen LogP contribution < -0.4 is 5.32 Å². The summed E-state index contributed by atoms with van der Waals surface area (Å²) >= 11 is 1.93. The average Bonchev–Trinajstić information content (AvgIpc) is 2.29. The molecule has 0 aliphatic heterocycles. The van der Waals surface area contributed by atoms with Crippen LogP contribution in [0.3, 0.4) is 0 Å². The van der Waals surface area contributed by atoms with Gasteiger partial charge in [0.25, 0.3) is 0 Å². The molecule has 0 saturated heterocycles. The molecule has 17 heavy (non-hydrogen) atoms. The third kappa shape index (κ3) is 5.57. The Hall–Kier alpha value is -0.510. The van der Waals surface area contributed by atoms with Crippen LogP contribution in [0.5, 0.6) is 0 Å². The minimum Gasteiger partial charge on any atom is -0.310 e. The molecule has 0 radical (unpaired) electrons. The van der Waals surface area contributed by atoms with Crippen molar-refractivity contribution in [2.45, 2.75) is 24.8 Å². The highest BCUT2D eigenvalue weighted by atomic mass is 32.2. The van der Waals surface area contributed by atoms with E-state index in [-0.39, 0.29) is 0 Å². The zero-order valence-corrected chi connectivity index (χ0v) is 12.2. The van der Waals surface area contributed by atoms with E-state index in [0.29, 0.717) is 6.04 Å². The number of hydrogen-bond donors (Lipinski definition) is 1. The van der Waals surface area contributed by atoms with E-state index in [1.165, 1.54) is 10.5 Å². The number of nitrogens with one attached hydrogen (secondary N) is 1. The van der Waals surface area contributed by atoms with Crippen LogP contribution in [0.1, 0.15) is 25.5 Å². The Morgan fingerprint density at radius 2 is 2.12 bits per heavy atom. The molecule has 1 rings (SSSR count). The predicted molar refractivity (Wildman–Crippen MR) is 77.8 cm³/mol. The summed E-state index contributed by atoms with van der Waals surface area (Å²) < 4.78 is 0. The molecule has 0 heterocycles. The lowest BCUT2D eigenvalue weighted by Gasteiger charge is -2.14. The highest BCUT2D eigenvalue weighted by Crippen LogP contribution is 2.22. The van der Waals surface area contributed by atoms with Crippen molar-refractivity contribution in [3.63, 3.8) is 0 Å². The highest BCUT2D eigenvalue weighted by molar-refractivity contribution is 7.99. The van der Waals surface area contributed by atoms with Gasteiger partial charge < -0.3 is 10.2 Å². The van der Waals surface area contributed by atoms with Gasteiger partial charge in [0.2, 0.25) is 0 Å². The van der Waals surface area contributed by atoms with Gasteiger partial charge in [-0.25, -0.2) is 0 Å². The van der Waals surface area contributed by atoms with Crippen molar-refractivity contribution in [2.75, 3.05) is 32.9 Å². The third-order valence-electron chi connectivity index (χ3n) is 2.68. The second-order valence-electron chi connectivity index (χ2n) is 4.50. The van der Waals surface area contributed by atoms with Crippen molar-refractivity contribution in [1.82, 2.24) is 10.2 Å². The van der Waals surface area contributed by atoms with Gasteiger partial charge in [0.15, 0.2) is 0 Å². The van der Waals surface area contributed by atoms with E-state index in [0.717, 1.165) is 18.8 Å². The van der Waals surface area contributed by atoms with Crippen LogP contribution in [0.15, 0.2) is 29.2 Å². The lowest BCUT2D eigenvalue weighted by molar-refractivity contribution is 0.437. The fraction of sp³-hybridized carbons (Fsp3) is 0.571. The normalized spacial score (nSPS) is 13.0. The summed E-state index contributed by atoms with van der Waals surface area (Å²) in [6.45, 7) is 6.50. The Morgan fingerprint density at radius 1 is 1.35 bits per heavy atom. The van der Waals surface area contributed by atoms with Gasteiger partial charge >= 0.3 is 0 Å². The van der Waals surface area contributed by atoms with Crippen LogP contribution in [-0.4, -0.2) is 37.8 Å². The molecule has 1 N–H and O–H groups in total. The lowest BCUT2D eigenvalue weighted by atomic mass is 10.1. The first kappa shape index (κ1) is 14.6. The molecule has 1 aromatic carbocycles. The molecule has 0 saturated carbocycles. The average molecular weight is 252 g/mol. The number of thioether (sulfide) groups is 1. The van der Waals surface area contributed by atoms with Gasteiger partial charge in [0.1, 0.15) is 0 Å². The summed E-state index contributed by atoms with van der Waals surface area (Å²) in [7, 11) is 4.23. The van der Waals surface area contributed by atoms with E-state index in [9.17, 15) is 0 Å². The van der Waals surface area contributed by atoms with Gasteiger partial charge in [-0.3, -0.25) is 0 Å². The van der Waals surface area contributed by atoms with Crippen molar-refractivity contribution in [3.05, 3.63) is 29.8 Å². The molecule has 1 unspecified atom stereocenters. The van der Waals surface area contributed by atoms with E-state index in [4.69, 9.17) is 0 Å². The molecule has 0 bridgehead atoms. The zero-order chi connectivity index (χ0) is 12.7. The molecule has 0 aliphatic rings. The van der Waals surface area contributed by atoms with Gasteiger partial charge in [-0.15, -0.1) is 11.8 Å². The molecule has 0 amide bonds. The molecule has 0 aromatic heterocycles. The number of hydrogen-bond acceptors (Lipinski definition) is 3. The van der Waals surface area contributed by atoms with E-state index in [2.05, 4.69) is 62.4 Å². The number of benzene rings is 1. The molecular weight excluding hydrogens is 228 g/mol. The van der Waals surface area contributed by atoms with Crippen LogP contribution in [-0.2, 0) is 0 Å². The van der Waals surface area contributed by atoms with Gasteiger partial charge in [-0.1, -0.05) is 19.1 Å². The quantitative estimate of drug-likeness (QED) is 0.751. The number of nitrogens with zero attached hydrogens (tertiary/aromatic N) is 1. The maximum absolute atomic E-state index is 3.45. The maximum Gasteiger partial charge on any atom is 0.0292 e. The predicted octanol–water partition coefficient (Wildman–Crippen LogP) is 3.01. The molecule has 0 aliphatic carbocycles. The van der Waals surface area contributed by atoms with Crippen molar-refractivity contribution in [2.24, 2.45) is 0 Å². The molecule has 96 valence electrons. The lowest BCUT2D eigenvalue weighted by Crippen LogP contribution is -2.17. The first-order chi connectivity index (χ1) is 8.13. The molecule has 0 spiro atoms. The third-order valence-corrected chi connectivity index (χ3v) is 3.65. The molecule has 1 atom stereocenters. The van der Waals surface area contributed by atoms with E-state index < -0.39 is 0 Å². The maximum atomic E-state index is 3.45. The van der Waals surface area contributed by atoms with E-state index >= 15 is 0 Å². The fourth-order valence-corrected chi connectivity index (χ4v) is 2.73. The Labute approximate surface area is 110 Å². The van der Waals surface area contributed by atoms with Crippen LogP contribution >= 0.6 is 11.8 Å². The van der Waals surface area contributed by atoms with Crippen LogP contribution in [0.4, 0.5) is 0 Å². The van der Waals surface area contributed by atoms with Gasteiger partial charge in [-0.2, -0.15) is 0 Å². The Balaban J connectivity index is 2.53. The molecule has 0 fully saturated rings. The first-order valence-corrected chi connectivity index (χ1v) is 7.23. The first-order valence-electron chi connectivity index (χ1n) is 6.24. The van der Waals surface area contributed by atoms with Crippen molar-refractivity contribution in [3.8, 4) is 0 Å². The largest absolute Gasteiger partial charge is 0.310 e. The summed E-state index contributed by atoms with van der Waals surface area (Å²) in [5, 5.41) is 3.45. The Kier molecular flexibility index (Phi) is 6.63. The molecule has 2 nitrogen and oxygen atoms in total. The van der Waals surface area contributed by atoms with Crippen LogP contribution in [0, 0.1) is 0 Å². The topological polar surface area (TPSA) is 15.3 Å². The number of rotatable bonds is 7. The summed E-state index contributed by atoms with van der Waals surface area (Å²) in [6.07, 6.45) is 0. The summed E-state index contributed by atoms with van der Waals surface area (Å²) in [5.41, 5.74) is 1.38. The molecule has 1 aromatic rings. The van der Waals surface area contributed by atoms with E-state index in [1.807, 2.05) is 11.8 Å². The van der Waals surface area contributed by atoms with E-state index in [1.54, 1.807) is 0 Å². The monoisotopic (exact) mass is 252 g/mol. The molecule has 3 heteroatoms. The highest BCUT2D eigenvalue weighted by Gasteiger charge is 2.04.